The molecule has 0 saturated carbocycles. The number of non-ortho nitro benzene ring substituents is 1. The fourth-order valence-electron chi connectivity index (χ4n) is 8.02. The van der Waals surface area contributed by atoms with Crippen molar-refractivity contribution in [2.75, 3.05) is 5.73 Å². The minimum atomic E-state index is -5.69. The number of hydrogen-bond donors (Lipinski definition) is 12. The molecule has 0 aliphatic rings. The van der Waals surface area contributed by atoms with E-state index in [-0.39, 0.29) is 6.07 Å². The summed E-state index contributed by atoms with van der Waals surface area (Å²) in [6, 6.07) is 9.24. The number of rotatable bonds is 19. The van der Waals surface area contributed by atoms with Crippen molar-refractivity contribution in [2.24, 2.45) is 40.9 Å². The number of azo groups is 4. The molecule has 40 nitrogen and oxygen atoms in total. The number of anilines is 1. The second-order valence-corrected chi connectivity index (χ2v) is 25.9. The lowest BCUT2D eigenvalue weighted by Gasteiger charge is -2.14. The number of phenolic OH excluding ortho intramolecular Hbond substituents is 1. The number of nitrogen functional groups attached to an aromatic ring is 1. The number of carboxylic acid groups (broad SMARTS) is 3. The van der Waals surface area contributed by atoms with E-state index in [0.29, 0.717) is 47.1 Å². The number of fused-ring (bicyclic) bond motifs is 2. The minimum absolute atomic E-state index is 0.244. The lowest BCUT2D eigenvalue weighted by atomic mass is 10.0. The Hall–Kier alpha value is -10.7. The quantitative estimate of drug-likeness (QED) is 0.0124. The summed E-state index contributed by atoms with van der Waals surface area (Å²) in [5, 5.41) is 91.3. The van der Waals surface area contributed by atoms with Gasteiger partial charge in [0.2, 0.25) is 11.6 Å². The highest BCUT2D eigenvalue weighted by Gasteiger charge is 2.32. The van der Waals surface area contributed by atoms with Crippen LogP contribution < -0.4 is 5.73 Å². The van der Waals surface area contributed by atoms with E-state index >= 15 is 0 Å². The van der Waals surface area contributed by atoms with E-state index in [1.54, 1.807) is 0 Å². The Morgan fingerprint density at radius 1 is 0.478 bits per heavy atom. The van der Waals surface area contributed by atoms with E-state index < -0.39 is 225 Å². The number of nitro benzene ring substituents is 1. The molecule has 0 amide bonds. The highest BCUT2D eigenvalue weighted by molar-refractivity contribution is 7.87. The highest BCUT2D eigenvalue weighted by Crippen LogP contribution is 2.49. The molecule has 0 aliphatic heterocycles. The van der Waals surface area contributed by atoms with Gasteiger partial charge in [-0.3, -0.25) is 37.4 Å². The summed E-state index contributed by atoms with van der Waals surface area (Å²) in [5.41, 5.74) is -6.39. The van der Waals surface area contributed by atoms with Gasteiger partial charge in [0.15, 0.2) is 11.4 Å². The van der Waals surface area contributed by atoms with Crippen LogP contribution in [0.15, 0.2) is 161 Å². The average molecular weight is 1370 g/mol. The van der Waals surface area contributed by atoms with Gasteiger partial charge in [-0.25, -0.2) is 14.4 Å². The summed E-state index contributed by atoms with van der Waals surface area (Å²) < 4.78 is 214. The van der Waals surface area contributed by atoms with Crippen molar-refractivity contribution < 1.29 is 123 Å². The lowest BCUT2D eigenvalue weighted by Crippen LogP contribution is -2.07. The molecule has 46 heteroatoms. The Labute approximate surface area is 498 Å². The SMILES string of the molecule is Nc1c(N=Nc2ccc3cc(N=Nc4ccc(N=Nc5c(C(=O)O)nn(-c6cc(C(=O)O)cc(C(=O)O)c6)c5O)c(S(=O)(=O)O)c4)c(S(=O)(=O)O)cc3c2S(=O)(=O)O)cc(S(=O)(=O)O)c2cc(S(=O)(=O)O)c(N=Nc3ccc([N+](=O)[O-])cc3S(=O)(=O)O)c(O)c12. The zero-order chi connectivity index (χ0) is 66.9. The van der Waals surface area contributed by atoms with E-state index in [1.807, 2.05) is 0 Å². The van der Waals surface area contributed by atoms with Crippen molar-refractivity contribution in [3.63, 3.8) is 0 Å². The highest BCUT2D eigenvalue weighted by atomic mass is 32.2. The first-order valence-corrected chi connectivity index (χ1v) is 31.5. The molecular formula is C44H28N12O28S6. The van der Waals surface area contributed by atoms with Crippen LogP contribution >= 0.6 is 0 Å². The Balaban J connectivity index is 1.21. The van der Waals surface area contributed by atoms with Gasteiger partial charge in [-0.2, -0.15) is 65.4 Å². The van der Waals surface area contributed by atoms with Crippen LogP contribution in [-0.2, 0) is 60.7 Å². The van der Waals surface area contributed by atoms with Crippen LogP contribution in [0.4, 0.5) is 56.9 Å². The van der Waals surface area contributed by atoms with Gasteiger partial charge >= 0.3 is 17.9 Å². The minimum Gasteiger partial charge on any atom is -0.505 e. The lowest BCUT2D eigenvalue weighted by molar-refractivity contribution is -0.385. The molecule has 0 aliphatic carbocycles. The maximum atomic E-state index is 13.1. The summed E-state index contributed by atoms with van der Waals surface area (Å²) >= 11 is 0. The molecular weight excluding hydrogens is 1340 g/mol. The van der Waals surface area contributed by atoms with Crippen molar-refractivity contribution in [1.29, 1.82) is 0 Å². The summed E-state index contributed by atoms with van der Waals surface area (Å²) in [5.74, 6) is -8.00. The third-order valence-electron chi connectivity index (χ3n) is 11.8. The van der Waals surface area contributed by atoms with Crippen LogP contribution in [0.2, 0.25) is 0 Å². The summed E-state index contributed by atoms with van der Waals surface area (Å²) in [4.78, 5) is 37.6. The molecule has 0 atom stereocenters. The second-order valence-electron chi connectivity index (χ2n) is 17.6. The number of aromatic nitrogens is 2. The molecule has 8 rings (SSSR count). The second kappa shape index (κ2) is 23.1. The maximum Gasteiger partial charge on any atom is 0.358 e. The number of carboxylic acids is 3. The van der Waals surface area contributed by atoms with Crippen molar-refractivity contribution in [1.82, 2.24) is 9.78 Å². The van der Waals surface area contributed by atoms with E-state index in [0.717, 1.165) is 42.5 Å². The molecule has 468 valence electrons. The van der Waals surface area contributed by atoms with Gasteiger partial charge in [0.1, 0.15) is 63.5 Å². The molecule has 0 saturated heterocycles. The molecule has 1 heterocycles. The standard InChI is InChI=1S/C44H28N12O28S6/c45-35-28(15-29(85(67,68)69)23-14-33(89(79,80)81)36(39(57)34(23)35)52-47-25-6-3-20(56(65)66)12-31(25)87(73,74)75)51-49-26-4-1-16-10-27(32(88(76,77)78)13-22(16)40(26)90(82,83)84)50-46-19-2-5-24(30(11-19)86(70,71)72)48-53-37-38(44(63)64)54-55(41(37)58)21-8-17(42(59)60)7-18(9-21)43(61)62/h1-15,57-58H,45H2,(H,59,60)(H,61,62)(H,63,64)(H,67,68,69)(H,70,71,72)(H,73,74,75)(H,76,77,78)(H,79,80,81)(H,82,83,84). The predicted molar refractivity (Wildman–Crippen MR) is 295 cm³/mol. The normalized spacial score (nSPS) is 13.0. The number of nitro groups is 1. The number of aromatic carboxylic acids is 3. The third-order valence-corrected chi connectivity index (χ3v) is 17.2. The number of carbonyl (C=O) groups is 3. The van der Waals surface area contributed by atoms with E-state index in [1.165, 1.54) is 0 Å². The first kappa shape index (κ1) is 65.3. The van der Waals surface area contributed by atoms with Crippen LogP contribution in [0.1, 0.15) is 31.2 Å². The largest absolute Gasteiger partial charge is 0.505 e. The zero-order valence-corrected chi connectivity index (χ0v) is 47.9. The van der Waals surface area contributed by atoms with Crippen molar-refractivity contribution in [3.05, 3.63) is 118 Å². The Kier molecular flexibility index (Phi) is 16.8. The van der Waals surface area contributed by atoms with Crippen molar-refractivity contribution >= 4 is 157 Å². The third kappa shape index (κ3) is 13.3. The number of phenols is 1. The molecule has 7 aromatic carbocycles. The van der Waals surface area contributed by atoms with Gasteiger partial charge in [-0.1, -0.05) is 6.07 Å². The molecule has 13 N–H and O–H groups in total. The first-order valence-electron chi connectivity index (χ1n) is 22.8. The van der Waals surface area contributed by atoms with Crippen molar-refractivity contribution in [3.8, 4) is 17.3 Å². The van der Waals surface area contributed by atoms with Gasteiger partial charge in [-0.15, -0.1) is 35.8 Å². The number of hydrogen-bond acceptors (Lipinski definition) is 29. The van der Waals surface area contributed by atoms with E-state index in [9.17, 15) is 128 Å². The summed E-state index contributed by atoms with van der Waals surface area (Å²) in [6.45, 7) is 0. The number of nitrogens with two attached hydrogens (primary N) is 1. The molecule has 0 fully saturated rings. The molecule has 1 aromatic heterocycles. The van der Waals surface area contributed by atoms with Gasteiger partial charge in [0.25, 0.3) is 66.4 Å². The topological polar surface area (TPSA) is 664 Å². The van der Waals surface area contributed by atoms with Crippen LogP contribution in [0.3, 0.4) is 0 Å². The van der Waals surface area contributed by atoms with Gasteiger partial charge in [-0.05, 0) is 78.2 Å². The molecule has 0 radical (unpaired) electrons. The predicted octanol–water partition coefficient (Wildman–Crippen LogP) is 7.32. The van der Waals surface area contributed by atoms with E-state index in [4.69, 9.17) is 5.73 Å². The molecule has 8 aromatic rings. The van der Waals surface area contributed by atoms with Gasteiger partial charge in [0, 0.05) is 22.9 Å². The van der Waals surface area contributed by atoms with Crippen LogP contribution in [-0.4, -0.2) is 136 Å². The Morgan fingerprint density at radius 2 is 0.956 bits per heavy atom. The Bertz CT molecular complexity index is 5390. The number of aromatic hydroxyl groups is 2. The number of benzene rings is 7. The van der Waals surface area contributed by atoms with Crippen LogP contribution in [0.25, 0.3) is 27.2 Å². The smallest absolute Gasteiger partial charge is 0.358 e. The zero-order valence-electron chi connectivity index (χ0n) is 43.0. The fourth-order valence-corrected chi connectivity index (χ4v) is 12.1. The number of nitrogens with zero attached hydrogens (tertiary/aromatic N) is 11. The maximum absolute atomic E-state index is 13.1. The Morgan fingerprint density at radius 3 is 1.48 bits per heavy atom. The summed E-state index contributed by atoms with van der Waals surface area (Å²) in [7, 11) is -33.5. The average Bonchev–Trinajstić information content (AvgIpc) is 0.890. The first-order chi connectivity index (χ1) is 41.5. The van der Waals surface area contributed by atoms with Crippen molar-refractivity contribution in [2.45, 2.75) is 29.4 Å². The summed E-state index contributed by atoms with van der Waals surface area (Å²) in [6.07, 6.45) is 0. The van der Waals surface area contributed by atoms with Gasteiger partial charge in [0.05, 0.1) is 38.5 Å². The van der Waals surface area contributed by atoms with Crippen LogP contribution in [0, 0.1) is 10.1 Å². The van der Waals surface area contributed by atoms with Gasteiger partial charge < -0.3 is 31.3 Å². The van der Waals surface area contributed by atoms with E-state index in [2.05, 4.69) is 46.0 Å². The molecule has 0 bridgehead atoms. The van der Waals surface area contributed by atoms with Crippen LogP contribution in [0.5, 0.6) is 11.6 Å². The molecule has 0 unspecified atom stereocenters. The monoisotopic (exact) mass is 1360 g/mol. The fraction of sp³-hybridized carbons (Fsp3) is 0. The molecule has 0 spiro atoms. The molecule has 90 heavy (non-hydrogen) atoms.